The first-order valence-electron chi connectivity index (χ1n) is 8.67. The quantitative estimate of drug-likeness (QED) is 0.773. The van der Waals surface area contributed by atoms with Crippen molar-refractivity contribution in [3.8, 4) is 0 Å². The molecule has 0 spiro atoms. The van der Waals surface area contributed by atoms with Crippen LogP contribution in [0, 0.1) is 5.92 Å². The molecule has 1 heterocycles. The van der Waals surface area contributed by atoms with Crippen molar-refractivity contribution in [3.63, 3.8) is 0 Å². The molecule has 1 saturated heterocycles. The van der Waals surface area contributed by atoms with E-state index < -0.39 is 10.0 Å². The minimum atomic E-state index is -3.62. The fourth-order valence-electron chi connectivity index (χ4n) is 2.91. The number of hydrogen-bond acceptors (Lipinski definition) is 4. The molecule has 26 heavy (non-hydrogen) atoms. The lowest BCUT2D eigenvalue weighted by Crippen LogP contribution is -2.45. The van der Waals surface area contributed by atoms with Crippen molar-refractivity contribution in [2.24, 2.45) is 5.92 Å². The second-order valence-electron chi connectivity index (χ2n) is 7.08. The van der Waals surface area contributed by atoms with Gasteiger partial charge in [0.2, 0.25) is 15.9 Å². The molecule has 0 radical (unpaired) electrons. The molecular formula is C18H27N3O4S. The van der Waals surface area contributed by atoms with E-state index in [9.17, 15) is 18.0 Å². The molecule has 1 aliphatic rings. The van der Waals surface area contributed by atoms with Crippen LogP contribution >= 0.6 is 0 Å². The Morgan fingerprint density at radius 3 is 2.12 bits per heavy atom. The second-order valence-corrected chi connectivity index (χ2v) is 8.99. The number of piperidine rings is 1. The van der Waals surface area contributed by atoms with Gasteiger partial charge < -0.3 is 9.80 Å². The van der Waals surface area contributed by atoms with Crippen LogP contribution in [0.1, 0.15) is 30.1 Å². The fourth-order valence-corrected chi connectivity index (χ4v) is 3.76. The second kappa shape index (κ2) is 8.07. The Morgan fingerprint density at radius 2 is 1.65 bits per heavy atom. The van der Waals surface area contributed by atoms with E-state index in [1.165, 1.54) is 4.90 Å². The number of carbonyl (C=O) groups excluding carboxylic acids is 2. The van der Waals surface area contributed by atoms with E-state index in [-0.39, 0.29) is 18.4 Å². The normalized spacial score (nSPS) is 15.6. The minimum Gasteiger partial charge on any atom is -0.345 e. The largest absolute Gasteiger partial charge is 0.345 e. The molecule has 1 aromatic rings. The van der Waals surface area contributed by atoms with Crippen LogP contribution in [0.5, 0.6) is 0 Å². The Kier molecular flexibility index (Phi) is 6.28. The molecule has 0 unspecified atom stereocenters. The molecule has 0 N–H and O–H groups in total. The van der Waals surface area contributed by atoms with Gasteiger partial charge in [0.1, 0.15) is 6.54 Å². The van der Waals surface area contributed by atoms with Crippen LogP contribution in [0.3, 0.4) is 0 Å². The van der Waals surface area contributed by atoms with Crippen LogP contribution in [0.25, 0.3) is 0 Å². The van der Waals surface area contributed by atoms with Crippen molar-refractivity contribution in [2.45, 2.75) is 19.8 Å². The summed E-state index contributed by atoms with van der Waals surface area (Å²) in [7, 11) is -0.321. The average Bonchev–Trinajstić information content (AvgIpc) is 2.58. The van der Waals surface area contributed by atoms with E-state index in [0.29, 0.717) is 30.3 Å². The maximum absolute atomic E-state index is 12.6. The molecule has 2 rings (SSSR count). The smallest absolute Gasteiger partial charge is 0.253 e. The number of carbonyl (C=O) groups is 2. The lowest BCUT2D eigenvalue weighted by atomic mass is 9.99. The van der Waals surface area contributed by atoms with Gasteiger partial charge in [-0.15, -0.1) is 0 Å². The Balaban J connectivity index is 2.18. The number of rotatable bonds is 5. The Labute approximate surface area is 155 Å². The third kappa shape index (κ3) is 4.97. The summed E-state index contributed by atoms with van der Waals surface area (Å²) in [5, 5.41) is 0. The first-order valence-corrected chi connectivity index (χ1v) is 10.5. The number of amides is 2. The van der Waals surface area contributed by atoms with Crippen molar-refractivity contribution in [3.05, 3.63) is 29.8 Å². The van der Waals surface area contributed by atoms with Crippen LogP contribution in [0.4, 0.5) is 5.69 Å². The Bertz CT molecular complexity index is 751. The zero-order chi connectivity index (χ0) is 19.5. The zero-order valence-electron chi connectivity index (χ0n) is 15.8. The van der Waals surface area contributed by atoms with E-state index in [2.05, 4.69) is 6.92 Å². The summed E-state index contributed by atoms with van der Waals surface area (Å²) in [6.45, 7) is 3.25. The summed E-state index contributed by atoms with van der Waals surface area (Å²) in [6.07, 6.45) is 2.95. The number of anilines is 1. The summed E-state index contributed by atoms with van der Waals surface area (Å²) in [6, 6.07) is 6.26. The SMILES string of the molecule is CC1CCN(C(=O)CN(c2ccc(C(=O)N(C)C)cc2)S(C)(=O)=O)CC1. The molecule has 1 fully saturated rings. The predicted octanol–water partition coefficient (Wildman–Crippen LogP) is 1.41. The van der Waals surface area contributed by atoms with E-state index in [1.807, 2.05) is 0 Å². The van der Waals surface area contributed by atoms with Crippen molar-refractivity contribution in [1.82, 2.24) is 9.80 Å². The van der Waals surface area contributed by atoms with Crippen LogP contribution in [-0.4, -0.2) is 70.0 Å². The van der Waals surface area contributed by atoms with Gasteiger partial charge >= 0.3 is 0 Å². The van der Waals surface area contributed by atoms with Gasteiger partial charge in [-0.05, 0) is 43.0 Å². The van der Waals surface area contributed by atoms with Crippen molar-refractivity contribution in [2.75, 3.05) is 44.3 Å². The monoisotopic (exact) mass is 381 g/mol. The van der Waals surface area contributed by atoms with E-state index in [4.69, 9.17) is 0 Å². The summed E-state index contributed by atoms with van der Waals surface area (Å²) < 4.78 is 25.5. The van der Waals surface area contributed by atoms with Gasteiger partial charge in [0.25, 0.3) is 5.91 Å². The van der Waals surface area contributed by atoms with E-state index in [1.54, 1.807) is 43.3 Å². The molecular weight excluding hydrogens is 354 g/mol. The first kappa shape index (κ1) is 20.2. The van der Waals surface area contributed by atoms with Gasteiger partial charge in [-0.3, -0.25) is 13.9 Å². The van der Waals surface area contributed by atoms with Crippen LogP contribution < -0.4 is 4.31 Å². The van der Waals surface area contributed by atoms with Gasteiger partial charge in [0.05, 0.1) is 11.9 Å². The van der Waals surface area contributed by atoms with Gasteiger partial charge in [-0.2, -0.15) is 0 Å². The maximum atomic E-state index is 12.6. The predicted molar refractivity (Wildman–Crippen MR) is 102 cm³/mol. The van der Waals surface area contributed by atoms with Crippen molar-refractivity contribution in [1.29, 1.82) is 0 Å². The molecule has 0 atom stereocenters. The number of nitrogens with zero attached hydrogens (tertiary/aromatic N) is 3. The number of benzene rings is 1. The van der Waals surface area contributed by atoms with Crippen molar-refractivity contribution < 1.29 is 18.0 Å². The Morgan fingerprint density at radius 1 is 1.12 bits per heavy atom. The summed E-state index contributed by atoms with van der Waals surface area (Å²) >= 11 is 0. The third-order valence-electron chi connectivity index (χ3n) is 4.62. The third-order valence-corrected chi connectivity index (χ3v) is 5.76. The summed E-state index contributed by atoms with van der Waals surface area (Å²) in [4.78, 5) is 27.7. The molecule has 1 aliphatic heterocycles. The van der Waals surface area contributed by atoms with Gasteiger partial charge in [0, 0.05) is 32.7 Å². The lowest BCUT2D eigenvalue weighted by molar-refractivity contribution is -0.130. The number of likely N-dealkylation sites (tertiary alicyclic amines) is 1. The lowest BCUT2D eigenvalue weighted by Gasteiger charge is -2.32. The van der Waals surface area contributed by atoms with Crippen LogP contribution in [0.2, 0.25) is 0 Å². The molecule has 7 nitrogen and oxygen atoms in total. The van der Waals surface area contributed by atoms with Gasteiger partial charge in [0.15, 0.2) is 0 Å². The number of sulfonamides is 1. The minimum absolute atomic E-state index is 0.166. The molecule has 0 aromatic heterocycles. The molecule has 8 heteroatoms. The first-order chi connectivity index (χ1) is 12.1. The van der Waals surface area contributed by atoms with Crippen LogP contribution in [0.15, 0.2) is 24.3 Å². The van der Waals surface area contributed by atoms with Crippen molar-refractivity contribution >= 4 is 27.5 Å². The molecule has 0 aliphatic carbocycles. The van der Waals surface area contributed by atoms with Gasteiger partial charge in [-0.25, -0.2) is 8.42 Å². The molecule has 0 bridgehead atoms. The zero-order valence-corrected chi connectivity index (χ0v) is 16.6. The highest BCUT2D eigenvalue weighted by Crippen LogP contribution is 2.21. The maximum Gasteiger partial charge on any atom is 0.253 e. The average molecular weight is 381 g/mol. The number of hydrogen-bond donors (Lipinski definition) is 0. The molecule has 0 saturated carbocycles. The van der Waals surface area contributed by atoms with E-state index in [0.717, 1.165) is 23.4 Å². The molecule has 1 aromatic carbocycles. The van der Waals surface area contributed by atoms with E-state index >= 15 is 0 Å². The Hall–Kier alpha value is -2.09. The van der Waals surface area contributed by atoms with Crippen LogP contribution in [-0.2, 0) is 14.8 Å². The molecule has 2 amide bonds. The summed E-state index contributed by atoms with van der Waals surface area (Å²) in [5.74, 6) is 0.226. The highest BCUT2D eigenvalue weighted by atomic mass is 32.2. The topological polar surface area (TPSA) is 78.0 Å². The molecule has 144 valence electrons. The highest BCUT2D eigenvalue weighted by molar-refractivity contribution is 7.92. The fraction of sp³-hybridized carbons (Fsp3) is 0.556. The highest BCUT2D eigenvalue weighted by Gasteiger charge is 2.26. The standard InChI is InChI=1S/C18H27N3O4S/c1-14-9-11-20(12-10-14)17(22)13-21(26(4,24)25)16-7-5-15(6-8-16)18(23)19(2)3/h5-8,14H,9-13H2,1-4H3. The summed E-state index contributed by atoms with van der Waals surface area (Å²) in [5.41, 5.74) is 0.838. The van der Waals surface area contributed by atoms with Gasteiger partial charge in [-0.1, -0.05) is 6.92 Å².